The molecule has 0 fully saturated rings. The molecule has 0 amide bonds. The average molecular weight is 277 g/mol. The number of hydrogen-bond donors (Lipinski definition) is 1. The predicted molar refractivity (Wildman–Crippen MR) is 63.9 cm³/mol. The number of nitrogen functional groups attached to an aromatic ring is 1. The molecule has 0 bridgehead atoms. The summed E-state index contributed by atoms with van der Waals surface area (Å²) < 4.78 is 1.08. The Balaban J connectivity index is 2.87. The maximum atomic E-state index is 6.07. The lowest BCUT2D eigenvalue weighted by atomic mass is 10.1. The van der Waals surface area contributed by atoms with Gasteiger partial charge in [-0.1, -0.05) is 27.5 Å². The summed E-state index contributed by atoms with van der Waals surface area (Å²) in [6.45, 7) is 0. The Kier molecular flexibility index (Phi) is 2.49. The molecule has 0 aliphatic carbocycles. The van der Waals surface area contributed by atoms with E-state index in [0.29, 0.717) is 10.7 Å². The first-order valence-corrected chi connectivity index (χ1v) is 6.12. The largest absolute Gasteiger partial charge is 0.397 e. The number of thiophene rings is 1. The zero-order valence-corrected chi connectivity index (χ0v) is 9.84. The van der Waals surface area contributed by atoms with Crippen molar-refractivity contribution in [1.82, 2.24) is 0 Å². The van der Waals surface area contributed by atoms with Crippen molar-refractivity contribution in [2.24, 2.45) is 0 Å². The Morgan fingerprint density at radius 2 is 2.31 bits per heavy atom. The molecule has 0 radical (unpaired) electrons. The van der Waals surface area contributed by atoms with E-state index in [1.165, 1.54) is 10.9 Å². The summed E-state index contributed by atoms with van der Waals surface area (Å²) in [6.07, 6.45) is 0. The van der Waals surface area contributed by atoms with Crippen molar-refractivity contribution >= 4 is 54.6 Å². The Morgan fingerprint density at radius 1 is 1.54 bits per heavy atom. The molecule has 1 nitrogen and oxygen atoms in total. The average Bonchev–Trinajstić information content (AvgIpc) is 2.60. The fourth-order valence-electron chi connectivity index (χ4n) is 1.30. The van der Waals surface area contributed by atoms with Gasteiger partial charge in [-0.05, 0) is 28.5 Å². The number of rotatable bonds is 1. The topological polar surface area (TPSA) is 26.0 Å². The molecule has 2 N–H and O–H groups in total. The van der Waals surface area contributed by atoms with Crippen molar-refractivity contribution < 1.29 is 0 Å². The van der Waals surface area contributed by atoms with E-state index in [1.54, 1.807) is 11.3 Å². The quantitative estimate of drug-likeness (QED) is 0.617. The molecular formula is C9H7BrClNS. The van der Waals surface area contributed by atoms with E-state index < -0.39 is 0 Å². The normalized spacial score (nSPS) is 10.9. The van der Waals surface area contributed by atoms with Gasteiger partial charge >= 0.3 is 0 Å². The first-order valence-electron chi connectivity index (χ1n) is 3.74. The Labute approximate surface area is 93.6 Å². The molecule has 0 saturated carbocycles. The number of alkyl halides is 1. The minimum Gasteiger partial charge on any atom is -0.397 e. The van der Waals surface area contributed by atoms with Crippen LogP contribution in [0.3, 0.4) is 0 Å². The van der Waals surface area contributed by atoms with E-state index in [1.807, 2.05) is 11.4 Å². The van der Waals surface area contributed by atoms with E-state index in [0.717, 1.165) is 10.0 Å². The predicted octanol–water partition coefficient (Wildman–Crippen LogP) is 4.03. The van der Waals surface area contributed by atoms with E-state index in [2.05, 4.69) is 22.0 Å². The molecule has 1 aromatic carbocycles. The van der Waals surface area contributed by atoms with Crippen LogP contribution in [-0.4, -0.2) is 0 Å². The number of anilines is 1. The van der Waals surface area contributed by atoms with Crippen LogP contribution in [0.1, 0.15) is 5.56 Å². The smallest absolute Gasteiger partial charge is 0.0813 e. The monoisotopic (exact) mass is 275 g/mol. The lowest BCUT2D eigenvalue weighted by Crippen LogP contribution is -1.89. The Hall–Kier alpha value is -0.250. The summed E-state index contributed by atoms with van der Waals surface area (Å²) in [4.78, 5) is 0. The SMILES string of the molecule is Nc1cc(CBr)c2ccsc2c1Cl. The highest BCUT2D eigenvalue weighted by Crippen LogP contribution is 2.36. The fourth-order valence-corrected chi connectivity index (χ4v) is 2.94. The summed E-state index contributed by atoms with van der Waals surface area (Å²) in [5.74, 6) is 0. The van der Waals surface area contributed by atoms with Gasteiger partial charge in [0.05, 0.1) is 15.4 Å². The second-order valence-electron chi connectivity index (χ2n) is 2.74. The highest BCUT2D eigenvalue weighted by molar-refractivity contribution is 9.08. The molecular weight excluding hydrogens is 270 g/mol. The molecule has 68 valence electrons. The van der Waals surface area contributed by atoms with Gasteiger partial charge in [0, 0.05) is 5.33 Å². The van der Waals surface area contributed by atoms with Crippen LogP contribution < -0.4 is 5.73 Å². The summed E-state index contributed by atoms with van der Waals surface area (Å²) in [7, 11) is 0. The van der Waals surface area contributed by atoms with Gasteiger partial charge in [0.2, 0.25) is 0 Å². The number of hydrogen-bond acceptors (Lipinski definition) is 2. The number of fused-ring (bicyclic) bond motifs is 1. The van der Waals surface area contributed by atoms with Crippen LogP contribution in [-0.2, 0) is 5.33 Å². The van der Waals surface area contributed by atoms with Gasteiger partial charge < -0.3 is 5.73 Å². The van der Waals surface area contributed by atoms with Crippen LogP contribution in [0.5, 0.6) is 0 Å². The molecule has 2 aromatic rings. The van der Waals surface area contributed by atoms with E-state index in [4.69, 9.17) is 17.3 Å². The van der Waals surface area contributed by atoms with Gasteiger partial charge in [0.15, 0.2) is 0 Å². The molecule has 0 aliphatic rings. The number of benzene rings is 1. The van der Waals surface area contributed by atoms with Crippen LogP contribution in [0, 0.1) is 0 Å². The van der Waals surface area contributed by atoms with Crippen LogP contribution >= 0.6 is 38.9 Å². The molecule has 2 rings (SSSR count). The van der Waals surface area contributed by atoms with Crippen molar-refractivity contribution in [1.29, 1.82) is 0 Å². The molecule has 13 heavy (non-hydrogen) atoms. The van der Waals surface area contributed by atoms with Crippen molar-refractivity contribution in [3.8, 4) is 0 Å². The minimum atomic E-state index is 0.658. The van der Waals surface area contributed by atoms with Crippen LogP contribution in [0.2, 0.25) is 5.02 Å². The standard InChI is InChI=1S/C9H7BrClNS/c10-4-5-3-7(12)8(11)9-6(5)1-2-13-9/h1-3H,4,12H2. The van der Waals surface area contributed by atoms with E-state index >= 15 is 0 Å². The fraction of sp³-hybridized carbons (Fsp3) is 0.111. The van der Waals surface area contributed by atoms with Gasteiger partial charge in [-0.15, -0.1) is 11.3 Å². The summed E-state index contributed by atoms with van der Waals surface area (Å²) in [6, 6.07) is 3.99. The highest BCUT2D eigenvalue weighted by atomic mass is 79.9. The van der Waals surface area contributed by atoms with Gasteiger partial charge in [-0.3, -0.25) is 0 Å². The molecule has 0 saturated heterocycles. The number of halogens is 2. The van der Waals surface area contributed by atoms with Crippen molar-refractivity contribution in [2.75, 3.05) is 5.73 Å². The maximum absolute atomic E-state index is 6.07. The second kappa shape index (κ2) is 3.48. The second-order valence-corrected chi connectivity index (χ2v) is 4.59. The zero-order chi connectivity index (χ0) is 9.42. The Morgan fingerprint density at radius 3 is 3.00 bits per heavy atom. The van der Waals surface area contributed by atoms with Crippen LogP contribution in [0.25, 0.3) is 10.1 Å². The molecule has 1 aromatic heterocycles. The molecule has 0 spiro atoms. The third kappa shape index (κ3) is 1.45. The summed E-state index contributed by atoms with van der Waals surface area (Å²) in [5.41, 5.74) is 7.63. The molecule has 1 heterocycles. The zero-order valence-electron chi connectivity index (χ0n) is 6.68. The first kappa shape index (κ1) is 9.31. The van der Waals surface area contributed by atoms with Gasteiger partial charge in [0.25, 0.3) is 0 Å². The number of nitrogens with two attached hydrogens (primary N) is 1. The Bertz CT molecular complexity index is 452. The molecule has 4 heteroatoms. The van der Waals surface area contributed by atoms with Crippen molar-refractivity contribution in [2.45, 2.75) is 5.33 Å². The van der Waals surface area contributed by atoms with E-state index in [-0.39, 0.29) is 0 Å². The molecule has 0 aliphatic heterocycles. The lowest BCUT2D eigenvalue weighted by molar-refractivity contribution is 1.50. The van der Waals surface area contributed by atoms with Crippen LogP contribution in [0.4, 0.5) is 5.69 Å². The first-order chi connectivity index (χ1) is 6.24. The third-order valence-electron chi connectivity index (χ3n) is 1.94. The molecule has 0 unspecified atom stereocenters. The van der Waals surface area contributed by atoms with E-state index in [9.17, 15) is 0 Å². The summed E-state index contributed by atoms with van der Waals surface area (Å²) >= 11 is 11.1. The molecule has 0 atom stereocenters. The third-order valence-corrected chi connectivity index (χ3v) is 3.99. The summed E-state index contributed by atoms with van der Waals surface area (Å²) in [5, 5.41) is 4.71. The van der Waals surface area contributed by atoms with Crippen LogP contribution in [0.15, 0.2) is 17.5 Å². The van der Waals surface area contributed by atoms with Gasteiger partial charge in [0.1, 0.15) is 0 Å². The van der Waals surface area contributed by atoms with Crippen molar-refractivity contribution in [3.05, 3.63) is 28.1 Å². The minimum absolute atomic E-state index is 0.658. The highest BCUT2D eigenvalue weighted by Gasteiger charge is 2.08. The maximum Gasteiger partial charge on any atom is 0.0813 e. The van der Waals surface area contributed by atoms with Crippen molar-refractivity contribution in [3.63, 3.8) is 0 Å². The lowest BCUT2D eigenvalue weighted by Gasteiger charge is -2.03. The van der Waals surface area contributed by atoms with Gasteiger partial charge in [-0.2, -0.15) is 0 Å². The van der Waals surface area contributed by atoms with Gasteiger partial charge in [-0.25, -0.2) is 0 Å².